The Morgan fingerprint density at radius 2 is 1.77 bits per heavy atom. The van der Waals surface area contributed by atoms with Crippen LogP contribution in [0.2, 0.25) is 0 Å². The molecule has 0 saturated carbocycles. The van der Waals surface area contributed by atoms with Gasteiger partial charge in [0.15, 0.2) is 13.9 Å². The van der Waals surface area contributed by atoms with Crippen molar-refractivity contribution < 1.29 is 28.5 Å². The van der Waals surface area contributed by atoms with E-state index >= 15 is 0 Å². The normalized spacial score (nSPS) is 13.3. The van der Waals surface area contributed by atoms with Gasteiger partial charge in [-0.2, -0.15) is 0 Å². The Morgan fingerprint density at radius 3 is 2.40 bits per heavy atom. The van der Waals surface area contributed by atoms with Crippen LogP contribution in [-0.2, 0) is 13.9 Å². The highest BCUT2D eigenvalue weighted by molar-refractivity contribution is 7.39. The smallest absolute Gasteiger partial charge is 0.305 e. The molecule has 7 nitrogen and oxygen atoms in total. The number of aromatic nitrogens is 2. The number of halogens is 1. The summed E-state index contributed by atoms with van der Waals surface area (Å²) in [5, 5.41) is 18.3. The van der Waals surface area contributed by atoms with Gasteiger partial charge >= 0.3 is 5.97 Å². The van der Waals surface area contributed by atoms with Gasteiger partial charge in [0.25, 0.3) is 0 Å². The fourth-order valence-electron chi connectivity index (χ4n) is 3.47. The first-order valence-electron chi connectivity index (χ1n) is 11.2. The van der Waals surface area contributed by atoms with Gasteiger partial charge in [0, 0.05) is 22.9 Å². The second-order valence-corrected chi connectivity index (χ2v) is 9.70. The monoisotopic (exact) mass is 498 g/mol. The molecule has 0 aliphatic carbocycles. The fourth-order valence-corrected chi connectivity index (χ4v) is 4.40. The molecule has 9 heteroatoms. The summed E-state index contributed by atoms with van der Waals surface area (Å²) in [6.07, 6.45) is 1.52. The van der Waals surface area contributed by atoms with Gasteiger partial charge in [-0.1, -0.05) is 56.3 Å². The summed E-state index contributed by atoms with van der Waals surface area (Å²) >= 11 is 0. The maximum absolute atomic E-state index is 13.6. The third-order valence-electron chi connectivity index (χ3n) is 5.11. The number of benzene rings is 2. The number of aliphatic hydroxyl groups is 1. The molecule has 1 aromatic heterocycles. The fraction of sp³-hybridized carbons (Fsp3) is 0.269. The Balaban J connectivity index is 1.92. The number of aliphatic hydroxyl groups excluding tert-OH is 1. The van der Waals surface area contributed by atoms with E-state index in [9.17, 15) is 18.9 Å². The predicted octanol–water partition coefficient (Wildman–Crippen LogP) is 5.41. The number of aliphatic carboxylic acids is 1. The lowest BCUT2D eigenvalue weighted by molar-refractivity contribution is -0.138. The van der Waals surface area contributed by atoms with Crippen LogP contribution in [0.15, 0.2) is 60.7 Å². The minimum atomic E-state index is -2.61. The van der Waals surface area contributed by atoms with Crippen molar-refractivity contribution in [2.45, 2.75) is 32.3 Å². The number of hydrogen-bond donors (Lipinski definition) is 2. The van der Waals surface area contributed by atoms with Crippen LogP contribution in [-0.4, -0.2) is 45.0 Å². The summed E-state index contributed by atoms with van der Waals surface area (Å²) in [7, 11) is -2.61. The predicted molar refractivity (Wildman–Crippen MR) is 134 cm³/mol. The lowest BCUT2D eigenvalue weighted by atomic mass is 9.97. The lowest BCUT2D eigenvalue weighted by Gasteiger charge is -2.16. The van der Waals surface area contributed by atoms with Crippen LogP contribution in [0.5, 0.6) is 0 Å². The molecule has 35 heavy (non-hydrogen) atoms. The summed E-state index contributed by atoms with van der Waals surface area (Å²) in [6, 6.07) is 15.6. The van der Waals surface area contributed by atoms with Crippen molar-refractivity contribution in [1.82, 2.24) is 9.97 Å². The number of rotatable bonds is 11. The van der Waals surface area contributed by atoms with Gasteiger partial charge in [0.05, 0.1) is 30.5 Å². The van der Waals surface area contributed by atoms with Crippen LogP contribution in [0, 0.1) is 5.82 Å². The van der Waals surface area contributed by atoms with Gasteiger partial charge in [0.1, 0.15) is 5.82 Å². The van der Waals surface area contributed by atoms with E-state index in [0.717, 1.165) is 22.4 Å². The number of carbonyl (C=O) groups is 1. The Labute approximate surface area is 204 Å². The van der Waals surface area contributed by atoms with E-state index < -0.39 is 26.5 Å². The van der Waals surface area contributed by atoms with Crippen molar-refractivity contribution in [3.8, 4) is 22.6 Å². The van der Waals surface area contributed by atoms with Crippen LogP contribution in [0.1, 0.15) is 37.4 Å². The standard InChI is InChI=1S/C26H28FN2O5P/c1-17(2)24-22(9-6-14-34-35(33)16-21(30)15-23(31)32)25(18-10-12-20(27)13-11-18)29-26(28-24)19-7-4-3-5-8-19/h3-13,17,21,30,35H,14-16H2,1-2H3,(H,31,32)/t21-/m0/s1. The van der Waals surface area contributed by atoms with Gasteiger partial charge in [-0.15, -0.1) is 0 Å². The summed E-state index contributed by atoms with van der Waals surface area (Å²) in [5.74, 6) is -0.915. The molecule has 0 spiro atoms. The van der Waals surface area contributed by atoms with Crippen LogP contribution in [0.4, 0.5) is 4.39 Å². The van der Waals surface area contributed by atoms with Crippen LogP contribution < -0.4 is 0 Å². The van der Waals surface area contributed by atoms with Crippen molar-refractivity contribution in [3.63, 3.8) is 0 Å². The molecule has 0 radical (unpaired) electrons. The van der Waals surface area contributed by atoms with Crippen molar-refractivity contribution in [2.24, 2.45) is 0 Å². The quantitative estimate of drug-likeness (QED) is 0.340. The molecule has 184 valence electrons. The van der Waals surface area contributed by atoms with Gasteiger partial charge in [-0.05, 0) is 30.2 Å². The molecular formula is C26H28FN2O5P. The second kappa shape index (κ2) is 12.5. The maximum atomic E-state index is 13.6. The Bertz CT molecular complexity index is 1200. The van der Waals surface area contributed by atoms with Crippen molar-refractivity contribution >= 4 is 20.1 Å². The summed E-state index contributed by atoms with van der Waals surface area (Å²) in [4.78, 5) is 20.2. The van der Waals surface area contributed by atoms with E-state index in [1.165, 1.54) is 12.1 Å². The highest BCUT2D eigenvalue weighted by Crippen LogP contribution is 2.32. The van der Waals surface area contributed by atoms with Gasteiger partial charge in [-0.3, -0.25) is 9.36 Å². The van der Waals surface area contributed by atoms with E-state index in [1.807, 2.05) is 44.2 Å². The van der Waals surface area contributed by atoms with E-state index in [1.54, 1.807) is 24.3 Å². The van der Waals surface area contributed by atoms with Crippen LogP contribution in [0.25, 0.3) is 28.7 Å². The Hall–Kier alpha value is -3.19. The third-order valence-corrected chi connectivity index (χ3v) is 6.40. The maximum Gasteiger partial charge on any atom is 0.305 e. The van der Waals surface area contributed by atoms with Crippen LogP contribution in [0.3, 0.4) is 0 Å². The first-order chi connectivity index (χ1) is 16.7. The summed E-state index contributed by atoms with van der Waals surface area (Å²) in [5.41, 5.74) is 3.73. The summed E-state index contributed by atoms with van der Waals surface area (Å²) in [6.45, 7) is 4.03. The average molecular weight is 498 g/mol. The van der Waals surface area contributed by atoms with E-state index in [2.05, 4.69) is 0 Å². The first-order valence-corrected chi connectivity index (χ1v) is 12.7. The number of carboxylic acids is 1. The zero-order valence-corrected chi connectivity index (χ0v) is 20.5. The Morgan fingerprint density at radius 1 is 1.09 bits per heavy atom. The molecule has 3 aromatic rings. The Kier molecular flexibility index (Phi) is 9.43. The molecule has 2 aromatic carbocycles. The molecule has 2 atom stereocenters. The highest BCUT2D eigenvalue weighted by Gasteiger charge is 2.18. The van der Waals surface area contributed by atoms with Gasteiger partial charge in [-0.25, -0.2) is 14.4 Å². The molecule has 0 fully saturated rings. The minimum Gasteiger partial charge on any atom is -0.481 e. The molecular weight excluding hydrogens is 470 g/mol. The zero-order valence-electron chi connectivity index (χ0n) is 19.5. The molecule has 3 rings (SSSR count). The third kappa shape index (κ3) is 7.65. The highest BCUT2D eigenvalue weighted by atomic mass is 31.1. The number of hydrogen-bond acceptors (Lipinski definition) is 6. The van der Waals surface area contributed by atoms with Crippen LogP contribution >= 0.6 is 8.03 Å². The van der Waals surface area contributed by atoms with Crippen molar-refractivity contribution in [2.75, 3.05) is 12.8 Å². The largest absolute Gasteiger partial charge is 0.481 e. The minimum absolute atomic E-state index is 0.00157. The molecule has 2 N–H and O–H groups in total. The van der Waals surface area contributed by atoms with E-state index in [4.69, 9.17) is 19.6 Å². The van der Waals surface area contributed by atoms with E-state index in [0.29, 0.717) is 11.5 Å². The summed E-state index contributed by atoms with van der Waals surface area (Å²) < 4.78 is 30.9. The molecule has 1 heterocycles. The van der Waals surface area contributed by atoms with Crippen molar-refractivity contribution in [3.05, 3.63) is 77.7 Å². The van der Waals surface area contributed by atoms with Gasteiger partial charge < -0.3 is 14.7 Å². The number of nitrogens with zero attached hydrogens (tertiary/aromatic N) is 2. The number of carboxylic acid groups (broad SMARTS) is 1. The van der Waals surface area contributed by atoms with Crippen molar-refractivity contribution in [1.29, 1.82) is 0 Å². The molecule has 0 amide bonds. The SMILES string of the molecule is CC(C)c1nc(-c2ccccc2)nc(-c2ccc(F)cc2)c1C=CCO[PH](=O)C[C@@H](O)CC(=O)O. The molecule has 1 unspecified atom stereocenters. The first kappa shape index (κ1) is 26.4. The average Bonchev–Trinajstić information content (AvgIpc) is 2.82. The second-order valence-electron chi connectivity index (χ2n) is 8.26. The van der Waals surface area contributed by atoms with E-state index in [-0.39, 0.29) is 24.5 Å². The molecule has 0 aliphatic rings. The lowest BCUT2D eigenvalue weighted by Crippen LogP contribution is -2.15. The zero-order chi connectivity index (χ0) is 25.4. The van der Waals surface area contributed by atoms with Gasteiger partial charge in [0.2, 0.25) is 0 Å². The molecule has 0 saturated heterocycles. The molecule has 0 bridgehead atoms. The topological polar surface area (TPSA) is 110 Å². The molecule has 0 aliphatic heterocycles.